The zero-order chi connectivity index (χ0) is 16.7. The van der Waals surface area contributed by atoms with Gasteiger partial charge in [-0.1, -0.05) is 6.07 Å². The summed E-state index contributed by atoms with van der Waals surface area (Å²) in [5.74, 6) is 0.0135. The quantitative estimate of drug-likeness (QED) is 0.715. The Morgan fingerprint density at radius 2 is 1.83 bits per heavy atom. The number of benzene rings is 1. The number of anilines is 2. The van der Waals surface area contributed by atoms with Crippen LogP contribution < -0.4 is 15.4 Å². The maximum atomic E-state index is 11.8. The Labute approximate surface area is 140 Å². The fourth-order valence-corrected chi connectivity index (χ4v) is 3.15. The highest BCUT2D eigenvalue weighted by atomic mass is 32.2. The van der Waals surface area contributed by atoms with E-state index in [1.54, 1.807) is 42.5 Å². The van der Waals surface area contributed by atoms with E-state index in [0.29, 0.717) is 17.9 Å². The number of carbonyl (C=O) groups is 1. The van der Waals surface area contributed by atoms with Gasteiger partial charge in [-0.25, -0.2) is 13.2 Å². The summed E-state index contributed by atoms with van der Waals surface area (Å²) in [4.78, 5) is 13.0. The number of sulfonamides is 1. The van der Waals surface area contributed by atoms with Crippen molar-refractivity contribution in [3.05, 3.63) is 46.7 Å². The molecule has 0 unspecified atom stereocenters. The molecule has 0 fully saturated rings. The highest BCUT2D eigenvalue weighted by molar-refractivity contribution is 7.92. The molecule has 1 aromatic heterocycles. The van der Waals surface area contributed by atoms with Crippen LogP contribution in [0.1, 0.15) is 11.8 Å². The molecule has 1 heterocycles. The topological polar surface area (TPSA) is 87.3 Å². The van der Waals surface area contributed by atoms with E-state index < -0.39 is 10.0 Å². The molecule has 0 aliphatic carbocycles. The van der Waals surface area contributed by atoms with Crippen LogP contribution in [0.3, 0.4) is 0 Å². The molecule has 0 radical (unpaired) electrons. The summed E-state index contributed by atoms with van der Waals surface area (Å²) in [6.45, 7) is 2.12. The van der Waals surface area contributed by atoms with E-state index in [1.807, 2.05) is 17.5 Å². The molecule has 3 N–H and O–H groups in total. The number of carbonyl (C=O) groups excluding carboxylic acids is 1. The number of nitrogens with one attached hydrogen (secondary N) is 3. The first-order valence-electron chi connectivity index (χ1n) is 7.16. The first-order valence-corrected chi connectivity index (χ1v) is 9.69. The molecule has 2 amide bonds. The van der Waals surface area contributed by atoms with Gasteiger partial charge in [-0.05, 0) is 49.1 Å². The summed E-state index contributed by atoms with van der Waals surface area (Å²) in [7, 11) is -3.29. The number of rotatable bonds is 7. The Morgan fingerprint density at radius 1 is 1.13 bits per heavy atom. The molecule has 0 bridgehead atoms. The summed E-state index contributed by atoms with van der Waals surface area (Å²) in [5, 5.41) is 7.48. The fourth-order valence-electron chi connectivity index (χ4n) is 1.80. The van der Waals surface area contributed by atoms with Gasteiger partial charge in [0.15, 0.2) is 0 Å². The van der Waals surface area contributed by atoms with Gasteiger partial charge in [-0.3, -0.25) is 4.72 Å². The zero-order valence-corrected chi connectivity index (χ0v) is 14.3. The molecular formula is C15H19N3O3S2. The summed E-state index contributed by atoms with van der Waals surface area (Å²) in [5.41, 5.74) is 1.06. The number of amides is 2. The lowest BCUT2D eigenvalue weighted by Gasteiger charge is -2.09. The number of thiophene rings is 1. The van der Waals surface area contributed by atoms with Gasteiger partial charge in [0.1, 0.15) is 0 Å². The lowest BCUT2D eigenvalue weighted by Crippen LogP contribution is -2.30. The molecule has 124 valence electrons. The van der Waals surface area contributed by atoms with Crippen molar-refractivity contribution in [3.63, 3.8) is 0 Å². The van der Waals surface area contributed by atoms with Crippen molar-refractivity contribution >= 4 is 38.8 Å². The molecule has 0 atom stereocenters. The lowest BCUT2D eigenvalue weighted by molar-refractivity contribution is 0.252. The van der Waals surface area contributed by atoms with Crippen LogP contribution in [-0.4, -0.2) is 26.7 Å². The smallest absolute Gasteiger partial charge is 0.319 e. The summed E-state index contributed by atoms with van der Waals surface area (Å²) < 4.78 is 25.4. The zero-order valence-electron chi connectivity index (χ0n) is 12.7. The van der Waals surface area contributed by atoms with Crippen molar-refractivity contribution in [3.8, 4) is 0 Å². The molecule has 8 heteroatoms. The second-order valence-corrected chi connectivity index (χ2v) is 7.84. The third-order valence-electron chi connectivity index (χ3n) is 3.03. The van der Waals surface area contributed by atoms with Gasteiger partial charge in [-0.2, -0.15) is 0 Å². The van der Waals surface area contributed by atoms with E-state index >= 15 is 0 Å². The van der Waals surface area contributed by atoms with Gasteiger partial charge in [0.25, 0.3) is 0 Å². The third-order valence-corrected chi connectivity index (χ3v) is 5.28. The second-order valence-electron chi connectivity index (χ2n) is 4.79. The van der Waals surface area contributed by atoms with Crippen molar-refractivity contribution in [2.24, 2.45) is 0 Å². The van der Waals surface area contributed by atoms with Crippen LogP contribution in [0, 0.1) is 0 Å². The van der Waals surface area contributed by atoms with E-state index in [4.69, 9.17) is 0 Å². The van der Waals surface area contributed by atoms with Crippen LogP contribution in [0.2, 0.25) is 0 Å². The largest absolute Gasteiger partial charge is 0.338 e. The average molecular weight is 353 g/mol. The number of hydrogen-bond donors (Lipinski definition) is 3. The van der Waals surface area contributed by atoms with Crippen LogP contribution in [0.5, 0.6) is 0 Å². The van der Waals surface area contributed by atoms with Gasteiger partial charge >= 0.3 is 6.03 Å². The summed E-state index contributed by atoms with van der Waals surface area (Å²) in [6.07, 6.45) is 0.794. The van der Waals surface area contributed by atoms with Crippen LogP contribution in [0.25, 0.3) is 0 Å². The monoisotopic (exact) mass is 353 g/mol. The van der Waals surface area contributed by atoms with Gasteiger partial charge in [0.2, 0.25) is 10.0 Å². The first-order chi connectivity index (χ1) is 11.0. The molecule has 0 aliphatic rings. The Bertz CT molecular complexity index is 726. The molecule has 2 rings (SSSR count). The average Bonchev–Trinajstić information content (AvgIpc) is 3.02. The summed E-state index contributed by atoms with van der Waals surface area (Å²) in [6, 6.07) is 10.2. The lowest BCUT2D eigenvalue weighted by atomic mass is 10.3. The van der Waals surface area contributed by atoms with Crippen LogP contribution in [0.4, 0.5) is 16.2 Å². The first kappa shape index (κ1) is 17.3. The van der Waals surface area contributed by atoms with Gasteiger partial charge in [0.05, 0.1) is 5.75 Å². The normalized spacial score (nSPS) is 11.0. The van der Waals surface area contributed by atoms with E-state index in [0.717, 1.165) is 6.42 Å². The van der Waals surface area contributed by atoms with E-state index in [1.165, 1.54) is 4.88 Å². The molecule has 0 saturated heterocycles. The molecule has 2 aromatic rings. The van der Waals surface area contributed by atoms with Crippen molar-refractivity contribution in [1.29, 1.82) is 0 Å². The Morgan fingerprint density at radius 3 is 2.43 bits per heavy atom. The van der Waals surface area contributed by atoms with Crippen LogP contribution >= 0.6 is 11.3 Å². The minimum absolute atomic E-state index is 0.0135. The molecule has 0 spiro atoms. The predicted molar refractivity (Wildman–Crippen MR) is 94.6 cm³/mol. The Kier molecular flexibility index (Phi) is 6.00. The molecule has 23 heavy (non-hydrogen) atoms. The fraction of sp³-hybridized carbons (Fsp3) is 0.267. The van der Waals surface area contributed by atoms with E-state index in [9.17, 15) is 13.2 Å². The van der Waals surface area contributed by atoms with Crippen molar-refractivity contribution in [2.45, 2.75) is 13.3 Å². The molecule has 0 aliphatic heterocycles. The van der Waals surface area contributed by atoms with Crippen molar-refractivity contribution in [1.82, 2.24) is 5.32 Å². The number of urea groups is 1. The minimum Gasteiger partial charge on any atom is -0.338 e. The Hall–Kier alpha value is -2.06. The maximum Gasteiger partial charge on any atom is 0.319 e. The van der Waals surface area contributed by atoms with E-state index in [2.05, 4.69) is 15.4 Å². The molecule has 0 saturated carbocycles. The van der Waals surface area contributed by atoms with Crippen LogP contribution in [0.15, 0.2) is 41.8 Å². The second kappa shape index (κ2) is 7.98. The van der Waals surface area contributed by atoms with Gasteiger partial charge in [0, 0.05) is 22.8 Å². The maximum absolute atomic E-state index is 11.8. The molecule has 1 aromatic carbocycles. The molecule has 6 nitrogen and oxygen atoms in total. The SMILES string of the molecule is CCS(=O)(=O)Nc1ccc(NC(=O)NCCc2cccs2)cc1. The number of hydrogen-bond acceptors (Lipinski definition) is 4. The van der Waals surface area contributed by atoms with Gasteiger partial charge < -0.3 is 10.6 Å². The van der Waals surface area contributed by atoms with E-state index in [-0.39, 0.29) is 11.8 Å². The highest BCUT2D eigenvalue weighted by Crippen LogP contribution is 2.15. The Balaban J connectivity index is 1.79. The standard InChI is InChI=1S/C15H19N3O3S2/c1-2-23(20,21)18-13-7-5-12(6-8-13)17-15(19)16-10-9-14-4-3-11-22-14/h3-8,11,18H,2,9-10H2,1H3,(H2,16,17,19). The summed E-state index contributed by atoms with van der Waals surface area (Å²) >= 11 is 1.66. The highest BCUT2D eigenvalue weighted by Gasteiger charge is 2.07. The predicted octanol–water partition coefficient (Wildman–Crippen LogP) is 2.87. The minimum atomic E-state index is -3.29. The van der Waals surface area contributed by atoms with Crippen molar-refractivity contribution < 1.29 is 13.2 Å². The van der Waals surface area contributed by atoms with Gasteiger partial charge in [-0.15, -0.1) is 11.3 Å². The molecular weight excluding hydrogens is 334 g/mol. The van der Waals surface area contributed by atoms with Crippen molar-refractivity contribution in [2.75, 3.05) is 22.3 Å². The van der Waals surface area contributed by atoms with Crippen LogP contribution in [-0.2, 0) is 16.4 Å². The third kappa shape index (κ3) is 5.91.